The van der Waals surface area contributed by atoms with Gasteiger partial charge in [-0.3, -0.25) is 9.78 Å². The Kier molecular flexibility index (Phi) is 4.23. The molecule has 1 atom stereocenters. The first-order chi connectivity index (χ1) is 12.3. The fraction of sp³-hybridized carbons (Fsp3) is 0.0500. The van der Waals surface area contributed by atoms with Crippen molar-refractivity contribution in [1.29, 1.82) is 0 Å². The molecule has 0 aliphatic carbocycles. The van der Waals surface area contributed by atoms with Crippen LogP contribution in [0.4, 0.5) is 0 Å². The van der Waals surface area contributed by atoms with E-state index in [-0.39, 0.29) is 11.9 Å². The van der Waals surface area contributed by atoms with Gasteiger partial charge >= 0.3 is 0 Å². The van der Waals surface area contributed by atoms with E-state index in [1.54, 1.807) is 11.3 Å². The first-order valence-electron chi connectivity index (χ1n) is 7.92. The average molecular weight is 345 g/mol. The van der Waals surface area contributed by atoms with Crippen LogP contribution in [0.15, 0.2) is 78.3 Å². The predicted molar refractivity (Wildman–Crippen MR) is 99.6 cm³/mol. The molecule has 0 bridgehead atoms. The van der Waals surface area contributed by atoms with Gasteiger partial charge in [-0.25, -0.2) is 4.98 Å². The molecule has 0 aliphatic heterocycles. The van der Waals surface area contributed by atoms with Gasteiger partial charge < -0.3 is 5.32 Å². The molecule has 0 aliphatic rings. The van der Waals surface area contributed by atoms with Crippen molar-refractivity contribution < 1.29 is 4.79 Å². The van der Waals surface area contributed by atoms with Crippen molar-refractivity contribution >= 4 is 28.3 Å². The fourth-order valence-electron chi connectivity index (χ4n) is 2.69. The molecule has 0 fully saturated rings. The molecule has 0 radical (unpaired) electrons. The molecule has 2 aromatic carbocycles. The average Bonchev–Trinajstić information content (AvgIpc) is 3.20. The largest absolute Gasteiger partial charge is 0.339 e. The summed E-state index contributed by atoms with van der Waals surface area (Å²) < 4.78 is 0. The van der Waals surface area contributed by atoms with Crippen molar-refractivity contribution in [2.75, 3.05) is 0 Å². The Bertz CT molecular complexity index is 1000. The first kappa shape index (κ1) is 15.5. The molecule has 1 N–H and O–H groups in total. The van der Waals surface area contributed by atoms with Gasteiger partial charge in [0.25, 0.3) is 5.91 Å². The van der Waals surface area contributed by atoms with E-state index in [0.717, 1.165) is 16.0 Å². The second-order valence-electron chi connectivity index (χ2n) is 5.58. The highest BCUT2D eigenvalue weighted by Crippen LogP contribution is 2.26. The molecule has 4 aromatic rings. The minimum atomic E-state index is -0.236. The predicted octanol–water partition coefficient (Wildman–Crippen LogP) is 4.21. The number of para-hydroxylation sites is 2. The third-order valence-electron chi connectivity index (χ3n) is 3.92. The number of hydrogen-bond acceptors (Lipinski definition) is 4. The molecule has 0 saturated heterocycles. The number of thiophene rings is 1. The van der Waals surface area contributed by atoms with E-state index < -0.39 is 0 Å². The van der Waals surface area contributed by atoms with Gasteiger partial charge in [-0.05, 0) is 29.1 Å². The zero-order chi connectivity index (χ0) is 17.1. The van der Waals surface area contributed by atoms with Gasteiger partial charge in [0.2, 0.25) is 0 Å². The maximum atomic E-state index is 12.8. The van der Waals surface area contributed by atoms with Crippen LogP contribution in [-0.2, 0) is 0 Å². The number of carbonyl (C=O) groups is 1. The number of aromatic nitrogens is 2. The van der Waals surface area contributed by atoms with E-state index in [1.165, 1.54) is 6.20 Å². The number of nitrogens with one attached hydrogen (secondary N) is 1. The topological polar surface area (TPSA) is 54.9 Å². The fourth-order valence-corrected chi connectivity index (χ4v) is 3.49. The van der Waals surface area contributed by atoms with Gasteiger partial charge in [-0.15, -0.1) is 11.3 Å². The zero-order valence-electron chi connectivity index (χ0n) is 13.3. The summed E-state index contributed by atoms with van der Waals surface area (Å²) in [4.78, 5) is 22.6. The highest BCUT2D eigenvalue weighted by Gasteiger charge is 2.19. The number of carbonyl (C=O) groups excluding carboxylic acids is 1. The van der Waals surface area contributed by atoms with Crippen LogP contribution in [-0.4, -0.2) is 15.9 Å². The third kappa shape index (κ3) is 3.27. The molecule has 2 aromatic heterocycles. The number of hydrogen-bond donors (Lipinski definition) is 1. The maximum absolute atomic E-state index is 12.8. The van der Waals surface area contributed by atoms with E-state index >= 15 is 0 Å². The van der Waals surface area contributed by atoms with Crippen molar-refractivity contribution in [1.82, 2.24) is 15.3 Å². The molecule has 4 rings (SSSR count). The summed E-state index contributed by atoms with van der Waals surface area (Å²) in [6, 6.07) is 21.2. The quantitative estimate of drug-likeness (QED) is 0.603. The summed E-state index contributed by atoms with van der Waals surface area (Å²) in [6.45, 7) is 0. The smallest absolute Gasteiger partial charge is 0.272 e. The number of fused-ring (bicyclic) bond motifs is 1. The van der Waals surface area contributed by atoms with Crippen LogP contribution in [0.2, 0.25) is 0 Å². The molecule has 4 nitrogen and oxygen atoms in total. The molecular weight excluding hydrogens is 330 g/mol. The van der Waals surface area contributed by atoms with E-state index in [2.05, 4.69) is 15.3 Å². The van der Waals surface area contributed by atoms with Crippen LogP contribution >= 0.6 is 11.3 Å². The summed E-state index contributed by atoms with van der Waals surface area (Å²) in [6.07, 6.45) is 1.52. The van der Waals surface area contributed by atoms with Crippen LogP contribution in [0.1, 0.15) is 27.0 Å². The van der Waals surface area contributed by atoms with E-state index in [0.29, 0.717) is 11.2 Å². The highest BCUT2D eigenvalue weighted by molar-refractivity contribution is 7.10. The van der Waals surface area contributed by atoms with E-state index in [4.69, 9.17) is 0 Å². The lowest BCUT2D eigenvalue weighted by molar-refractivity contribution is 0.0938. The number of amides is 1. The van der Waals surface area contributed by atoms with Gasteiger partial charge in [0.15, 0.2) is 0 Å². The van der Waals surface area contributed by atoms with Crippen LogP contribution < -0.4 is 5.32 Å². The van der Waals surface area contributed by atoms with Crippen molar-refractivity contribution in [3.63, 3.8) is 0 Å². The van der Waals surface area contributed by atoms with Crippen LogP contribution in [0.5, 0.6) is 0 Å². The standard InChI is InChI=1S/C20H15N3OS/c24-20(17-13-21-15-9-4-5-10-16(15)22-17)23-19(18-11-6-12-25-18)14-7-2-1-3-8-14/h1-13,19H,(H,23,24)/t19-/m0/s1. The molecule has 0 saturated carbocycles. The number of nitrogens with zero attached hydrogens (tertiary/aromatic N) is 2. The molecule has 122 valence electrons. The van der Waals surface area contributed by atoms with Crippen molar-refractivity contribution in [3.05, 3.63) is 94.4 Å². The van der Waals surface area contributed by atoms with Gasteiger partial charge in [0, 0.05) is 4.88 Å². The summed E-state index contributed by atoms with van der Waals surface area (Å²) in [5.74, 6) is -0.236. The lowest BCUT2D eigenvalue weighted by Crippen LogP contribution is -2.29. The van der Waals surface area contributed by atoms with E-state index in [1.807, 2.05) is 72.1 Å². The SMILES string of the molecule is O=C(N[C@@H](c1ccccc1)c1cccs1)c1cnc2ccccc2n1. The molecule has 1 amide bonds. The first-order valence-corrected chi connectivity index (χ1v) is 8.80. The molecule has 5 heteroatoms. The van der Waals surface area contributed by atoms with Crippen LogP contribution in [0.25, 0.3) is 11.0 Å². The Morgan fingerprint density at radius 2 is 1.68 bits per heavy atom. The molecule has 2 heterocycles. The van der Waals surface area contributed by atoms with Crippen molar-refractivity contribution in [2.24, 2.45) is 0 Å². The maximum Gasteiger partial charge on any atom is 0.272 e. The zero-order valence-corrected chi connectivity index (χ0v) is 14.1. The minimum Gasteiger partial charge on any atom is -0.339 e. The van der Waals surface area contributed by atoms with Gasteiger partial charge in [-0.2, -0.15) is 0 Å². The summed E-state index contributed by atoms with van der Waals surface area (Å²) in [7, 11) is 0. The summed E-state index contributed by atoms with van der Waals surface area (Å²) in [5, 5.41) is 5.09. The third-order valence-corrected chi connectivity index (χ3v) is 4.85. The van der Waals surface area contributed by atoms with Crippen molar-refractivity contribution in [2.45, 2.75) is 6.04 Å². The molecule has 25 heavy (non-hydrogen) atoms. The lowest BCUT2D eigenvalue weighted by atomic mass is 10.1. The molecule has 0 unspecified atom stereocenters. The number of rotatable bonds is 4. The highest BCUT2D eigenvalue weighted by atomic mass is 32.1. The Morgan fingerprint density at radius 1 is 0.920 bits per heavy atom. The molecule has 0 spiro atoms. The Morgan fingerprint density at radius 3 is 2.44 bits per heavy atom. The van der Waals surface area contributed by atoms with Crippen LogP contribution in [0.3, 0.4) is 0 Å². The molecular formula is C20H15N3OS. The Hall–Kier alpha value is -3.05. The second kappa shape index (κ2) is 6.83. The minimum absolute atomic E-state index is 0.207. The Labute approximate surface area is 149 Å². The summed E-state index contributed by atoms with van der Waals surface area (Å²) in [5.41, 5.74) is 2.84. The van der Waals surface area contributed by atoms with Crippen LogP contribution in [0, 0.1) is 0 Å². The second-order valence-corrected chi connectivity index (χ2v) is 6.56. The van der Waals surface area contributed by atoms with E-state index in [9.17, 15) is 4.79 Å². The number of benzene rings is 2. The monoisotopic (exact) mass is 345 g/mol. The van der Waals surface area contributed by atoms with Gasteiger partial charge in [-0.1, -0.05) is 48.5 Å². The Balaban J connectivity index is 1.66. The normalized spacial score (nSPS) is 12.0. The summed E-state index contributed by atoms with van der Waals surface area (Å²) >= 11 is 1.61. The lowest BCUT2D eigenvalue weighted by Gasteiger charge is -2.18. The van der Waals surface area contributed by atoms with Gasteiger partial charge in [0.1, 0.15) is 5.69 Å². The van der Waals surface area contributed by atoms with Crippen molar-refractivity contribution in [3.8, 4) is 0 Å². The van der Waals surface area contributed by atoms with Gasteiger partial charge in [0.05, 0.1) is 23.3 Å².